The molecule has 2 aromatic rings. The molecule has 1 aromatic heterocycles. The first kappa shape index (κ1) is 18.0. The van der Waals surface area contributed by atoms with Gasteiger partial charge >= 0.3 is 5.97 Å². The predicted octanol–water partition coefficient (Wildman–Crippen LogP) is 1.81. The molecule has 0 aliphatic carbocycles. The van der Waals surface area contributed by atoms with E-state index in [1.54, 1.807) is 12.1 Å². The third kappa shape index (κ3) is 5.65. The molecule has 1 heterocycles. The molecule has 0 bridgehead atoms. The number of nitro groups is 1. The quantitative estimate of drug-likeness (QED) is 0.439. The molecule has 1 atom stereocenters. The zero-order valence-electron chi connectivity index (χ0n) is 13.3. The van der Waals surface area contributed by atoms with Crippen LogP contribution in [0.25, 0.3) is 0 Å². The Labute approximate surface area is 142 Å². The zero-order valence-corrected chi connectivity index (χ0v) is 13.3. The molecule has 0 aliphatic rings. The lowest BCUT2D eigenvalue weighted by Crippen LogP contribution is -2.36. The number of hydrogen-bond donors (Lipinski definition) is 1. The molecular formula is C16H16N2O7. The minimum atomic E-state index is -0.997. The SMILES string of the molecule is C[C@@H](OC(=O)COc1ccc([N+](=O)[O-])cc1)C(=O)NCc1ccco1. The Hall–Kier alpha value is -3.36. The number of carbonyl (C=O) groups excluding carboxylic acids is 2. The van der Waals surface area contributed by atoms with E-state index in [2.05, 4.69) is 5.32 Å². The van der Waals surface area contributed by atoms with Gasteiger partial charge in [-0.05, 0) is 31.2 Å². The summed E-state index contributed by atoms with van der Waals surface area (Å²) in [4.78, 5) is 33.5. The first-order valence-electron chi connectivity index (χ1n) is 7.32. The standard InChI is InChI=1S/C16H16N2O7/c1-11(16(20)17-9-14-3-2-8-23-14)25-15(19)10-24-13-6-4-12(5-7-13)18(21)22/h2-8,11H,9-10H2,1H3,(H,17,20)/t11-/m1/s1. The average molecular weight is 348 g/mol. The lowest BCUT2D eigenvalue weighted by Gasteiger charge is -2.13. The molecular weight excluding hydrogens is 332 g/mol. The first-order chi connectivity index (χ1) is 12.0. The second kappa shape index (κ2) is 8.48. The summed E-state index contributed by atoms with van der Waals surface area (Å²) in [6.45, 7) is 1.20. The van der Waals surface area contributed by atoms with Crippen molar-refractivity contribution in [3.63, 3.8) is 0 Å². The minimum Gasteiger partial charge on any atom is -0.482 e. The van der Waals surface area contributed by atoms with Gasteiger partial charge in [-0.25, -0.2) is 4.79 Å². The summed E-state index contributed by atoms with van der Waals surface area (Å²) in [5.41, 5.74) is -0.0863. The molecule has 9 nitrogen and oxygen atoms in total. The normalized spacial score (nSPS) is 11.4. The highest BCUT2D eigenvalue weighted by atomic mass is 16.6. The molecule has 1 aromatic carbocycles. The molecule has 0 saturated carbocycles. The molecule has 0 radical (unpaired) electrons. The minimum absolute atomic E-state index is 0.0863. The number of nitro benzene ring substituents is 1. The Kier molecular flexibility index (Phi) is 6.10. The van der Waals surface area contributed by atoms with E-state index in [1.807, 2.05) is 0 Å². The molecule has 0 saturated heterocycles. The molecule has 0 fully saturated rings. The van der Waals surface area contributed by atoms with Crippen LogP contribution in [0.5, 0.6) is 5.75 Å². The third-order valence-electron chi connectivity index (χ3n) is 3.10. The summed E-state index contributed by atoms with van der Waals surface area (Å²) in [5.74, 6) is -0.357. The van der Waals surface area contributed by atoms with E-state index in [9.17, 15) is 19.7 Å². The van der Waals surface area contributed by atoms with E-state index in [0.29, 0.717) is 5.76 Å². The Morgan fingerprint density at radius 2 is 2.00 bits per heavy atom. The van der Waals surface area contributed by atoms with Crippen molar-refractivity contribution in [2.24, 2.45) is 0 Å². The van der Waals surface area contributed by atoms with E-state index < -0.39 is 29.5 Å². The fraction of sp³-hybridized carbons (Fsp3) is 0.250. The number of carbonyl (C=O) groups is 2. The van der Waals surface area contributed by atoms with E-state index in [4.69, 9.17) is 13.9 Å². The van der Waals surface area contributed by atoms with Gasteiger partial charge in [-0.1, -0.05) is 0 Å². The number of non-ortho nitro benzene ring substituents is 1. The van der Waals surface area contributed by atoms with Crippen molar-refractivity contribution < 1.29 is 28.4 Å². The molecule has 0 spiro atoms. The summed E-state index contributed by atoms with van der Waals surface area (Å²) >= 11 is 0. The van der Waals surface area contributed by atoms with Gasteiger partial charge in [0.2, 0.25) is 0 Å². The highest BCUT2D eigenvalue weighted by Crippen LogP contribution is 2.17. The van der Waals surface area contributed by atoms with Crippen molar-refractivity contribution in [2.45, 2.75) is 19.6 Å². The largest absolute Gasteiger partial charge is 0.482 e. The van der Waals surface area contributed by atoms with Crippen molar-refractivity contribution in [1.29, 1.82) is 0 Å². The van der Waals surface area contributed by atoms with Crippen LogP contribution in [0, 0.1) is 10.1 Å². The number of ether oxygens (including phenoxy) is 2. The van der Waals surface area contributed by atoms with E-state index >= 15 is 0 Å². The smallest absolute Gasteiger partial charge is 0.344 e. The van der Waals surface area contributed by atoms with Gasteiger partial charge < -0.3 is 19.2 Å². The Balaban J connectivity index is 1.73. The fourth-order valence-corrected chi connectivity index (χ4v) is 1.82. The third-order valence-corrected chi connectivity index (χ3v) is 3.10. The maximum absolute atomic E-state index is 11.8. The number of esters is 1. The molecule has 25 heavy (non-hydrogen) atoms. The van der Waals surface area contributed by atoms with Crippen LogP contribution in [0.1, 0.15) is 12.7 Å². The molecule has 132 valence electrons. The lowest BCUT2D eigenvalue weighted by molar-refractivity contribution is -0.384. The highest BCUT2D eigenvalue weighted by Gasteiger charge is 2.18. The first-order valence-corrected chi connectivity index (χ1v) is 7.32. The van der Waals surface area contributed by atoms with Gasteiger partial charge in [0.25, 0.3) is 11.6 Å². The van der Waals surface area contributed by atoms with Crippen LogP contribution in [0.3, 0.4) is 0 Å². The van der Waals surface area contributed by atoms with Crippen molar-refractivity contribution in [2.75, 3.05) is 6.61 Å². The van der Waals surface area contributed by atoms with Gasteiger partial charge in [0.15, 0.2) is 12.7 Å². The number of benzene rings is 1. The summed E-state index contributed by atoms with van der Waals surface area (Å²) in [7, 11) is 0. The topological polar surface area (TPSA) is 121 Å². The molecule has 2 rings (SSSR count). The summed E-state index contributed by atoms with van der Waals surface area (Å²) in [5, 5.41) is 13.1. The van der Waals surface area contributed by atoms with Crippen molar-refractivity contribution in [3.05, 3.63) is 58.5 Å². The maximum Gasteiger partial charge on any atom is 0.344 e. The Morgan fingerprint density at radius 3 is 2.60 bits per heavy atom. The van der Waals surface area contributed by atoms with Crippen molar-refractivity contribution in [1.82, 2.24) is 5.32 Å². The highest BCUT2D eigenvalue weighted by molar-refractivity contribution is 5.83. The fourth-order valence-electron chi connectivity index (χ4n) is 1.82. The van der Waals surface area contributed by atoms with E-state index in [0.717, 1.165) is 0 Å². The van der Waals surface area contributed by atoms with Gasteiger partial charge in [-0.2, -0.15) is 0 Å². The summed E-state index contributed by atoms with van der Waals surface area (Å²) < 4.78 is 15.2. The van der Waals surface area contributed by atoms with E-state index in [-0.39, 0.29) is 18.0 Å². The van der Waals surface area contributed by atoms with Gasteiger partial charge in [0, 0.05) is 12.1 Å². The number of furan rings is 1. The van der Waals surface area contributed by atoms with E-state index in [1.165, 1.54) is 37.5 Å². The number of hydrogen-bond acceptors (Lipinski definition) is 7. The van der Waals surface area contributed by atoms with Gasteiger partial charge in [0.1, 0.15) is 11.5 Å². The number of rotatable bonds is 8. The second-order valence-corrected chi connectivity index (χ2v) is 4.97. The average Bonchev–Trinajstić information content (AvgIpc) is 3.11. The zero-order chi connectivity index (χ0) is 18.2. The Bertz CT molecular complexity index is 725. The van der Waals surface area contributed by atoms with Crippen LogP contribution in [-0.4, -0.2) is 29.5 Å². The second-order valence-electron chi connectivity index (χ2n) is 4.97. The van der Waals surface area contributed by atoms with Crippen LogP contribution in [-0.2, 0) is 20.9 Å². The molecule has 9 heteroatoms. The van der Waals surface area contributed by atoms with Crippen molar-refractivity contribution >= 4 is 17.6 Å². The summed E-state index contributed by atoms with van der Waals surface area (Å²) in [6, 6.07) is 8.64. The van der Waals surface area contributed by atoms with Crippen LogP contribution in [0.4, 0.5) is 5.69 Å². The molecule has 1 amide bonds. The lowest BCUT2D eigenvalue weighted by atomic mass is 10.3. The van der Waals surface area contributed by atoms with Gasteiger partial charge in [-0.3, -0.25) is 14.9 Å². The van der Waals surface area contributed by atoms with Crippen molar-refractivity contribution in [3.8, 4) is 5.75 Å². The van der Waals surface area contributed by atoms with Crippen LogP contribution in [0.2, 0.25) is 0 Å². The van der Waals surface area contributed by atoms with Gasteiger partial charge in [0.05, 0.1) is 17.7 Å². The predicted molar refractivity (Wildman–Crippen MR) is 84.7 cm³/mol. The number of nitrogens with one attached hydrogen (secondary N) is 1. The maximum atomic E-state index is 11.8. The summed E-state index contributed by atoms with van der Waals surface area (Å²) in [6.07, 6.45) is 0.489. The van der Waals surface area contributed by atoms with Gasteiger partial charge in [-0.15, -0.1) is 0 Å². The Morgan fingerprint density at radius 1 is 1.28 bits per heavy atom. The monoisotopic (exact) mass is 348 g/mol. The van der Waals surface area contributed by atoms with Crippen LogP contribution < -0.4 is 10.1 Å². The van der Waals surface area contributed by atoms with Crippen LogP contribution in [0.15, 0.2) is 47.1 Å². The van der Waals surface area contributed by atoms with Crippen LogP contribution >= 0.6 is 0 Å². The molecule has 1 N–H and O–H groups in total. The molecule has 0 aliphatic heterocycles. The molecule has 0 unspecified atom stereocenters. The number of nitrogens with zero attached hydrogens (tertiary/aromatic N) is 1. The number of amides is 1.